The maximum Gasteiger partial charge on any atom is 0.234 e. The first-order valence-corrected chi connectivity index (χ1v) is 6.12. The van der Waals surface area contributed by atoms with Gasteiger partial charge in [-0.1, -0.05) is 6.92 Å². The van der Waals surface area contributed by atoms with Crippen molar-refractivity contribution in [2.24, 2.45) is 5.92 Å². The van der Waals surface area contributed by atoms with Gasteiger partial charge in [-0.05, 0) is 31.6 Å². The molecular weight excluding hydrogens is 218 g/mol. The second-order valence-electron chi connectivity index (χ2n) is 4.95. The van der Waals surface area contributed by atoms with E-state index in [0.29, 0.717) is 12.5 Å². The third-order valence-electron chi connectivity index (χ3n) is 3.31. The third kappa shape index (κ3) is 5.16. The van der Waals surface area contributed by atoms with Gasteiger partial charge in [0, 0.05) is 6.54 Å². The Bertz CT molecular complexity index is 291. The zero-order valence-electron chi connectivity index (χ0n) is 10.3. The molecule has 3 N–H and O–H groups in total. The summed E-state index contributed by atoms with van der Waals surface area (Å²) in [4.78, 5) is 11.2. The molecule has 96 valence electrons. The van der Waals surface area contributed by atoms with Gasteiger partial charge in [0.2, 0.25) is 5.91 Å². The summed E-state index contributed by atoms with van der Waals surface area (Å²) in [6, 6.07) is 1.84. The van der Waals surface area contributed by atoms with Crippen LogP contribution in [0.3, 0.4) is 0 Å². The Hall–Kier alpha value is -1.12. The van der Waals surface area contributed by atoms with E-state index in [1.54, 1.807) is 0 Å². The van der Waals surface area contributed by atoms with Crippen LogP contribution < -0.4 is 10.6 Å². The number of amides is 1. The molecule has 0 spiro atoms. The van der Waals surface area contributed by atoms with Crippen LogP contribution in [0.5, 0.6) is 0 Å². The van der Waals surface area contributed by atoms with Crippen molar-refractivity contribution in [3.05, 3.63) is 0 Å². The highest BCUT2D eigenvalue weighted by Crippen LogP contribution is 2.31. The van der Waals surface area contributed by atoms with Crippen molar-refractivity contribution < 1.29 is 9.90 Å². The fraction of sp³-hybridized carbons (Fsp3) is 0.833. The highest BCUT2D eigenvalue weighted by Gasteiger charge is 2.31. The lowest BCUT2D eigenvalue weighted by molar-refractivity contribution is -0.120. The summed E-state index contributed by atoms with van der Waals surface area (Å²) in [6.45, 7) is 2.82. The lowest BCUT2D eigenvalue weighted by Crippen LogP contribution is -2.46. The Kier molecular flexibility index (Phi) is 5.39. The largest absolute Gasteiger partial charge is 0.389 e. The first-order valence-electron chi connectivity index (χ1n) is 6.12. The van der Waals surface area contributed by atoms with Crippen LogP contribution in [0.1, 0.15) is 32.6 Å². The number of hydrogen-bond acceptors (Lipinski definition) is 4. The minimum Gasteiger partial charge on any atom is -0.389 e. The SMILES string of the molecule is CC1CCC(O)(CNCC(=O)NCC#N)CC1. The van der Waals surface area contributed by atoms with Gasteiger partial charge in [0.1, 0.15) is 6.54 Å². The number of aliphatic hydroxyl groups is 1. The van der Waals surface area contributed by atoms with Gasteiger partial charge < -0.3 is 15.7 Å². The Balaban J connectivity index is 2.17. The molecule has 1 aliphatic rings. The van der Waals surface area contributed by atoms with E-state index in [4.69, 9.17) is 5.26 Å². The molecule has 1 amide bonds. The molecule has 0 aliphatic heterocycles. The van der Waals surface area contributed by atoms with Crippen LogP contribution in [0.4, 0.5) is 0 Å². The lowest BCUT2D eigenvalue weighted by Gasteiger charge is -2.35. The van der Waals surface area contributed by atoms with Crippen molar-refractivity contribution in [1.29, 1.82) is 5.26 Å². The zero-order chi connectivity index (χ0) is 12.7. The van der Waals surface area contributed by atoms with E-state index in [0.717, 1.165) is 25.7 Å². The average Bonchev–Trinajstić information content (AvgIpc) is 2.31. The second-order valence-corrected chi connectivity index (χ2v) is 4.95. The Morgan fingerprint density at radius 2 is 2.18 bits per heavy atom. The van der Waals surface area contributed by atoms with Gasteiger partial charge in [-0.2, -0.15) is 5.26 Å². The van der Waals surface area contributed by atoms with Crippen LogP contribution >= 0.6 is 0 Å². The second kappa shape index (κ2) is 6.58. The third-order valence-corrected chi connectivity index (χ3v) is 3.31. The highest BCUT2D eigenvalue weighted by atomic mass is 16.3. The zero-order valence-corrected chi connectivity index (χ0v) is 10.3. The van der Waals surface area contributed by atoms with Crippen molar-refractivity contribution in [3.8, 4) is 6.07 Å². The first kappa shape index (κ1) is 13.9. The molecule has 0 aromatic carbocycles. The average molecular weight is 239 g/mol. The maximum absolute atomic E-state index is 11.2. The van der Waals surface area contributed by atoms with E-state index >= 15 is 0 Å². The van der Waals surface area contributed by atoms with Crippen molar-refractivity contribution in [3.63, 3.8) is 0 Å². The Morgan fingerprint density at radius 1 is 1.53 bits per heavy atom. The number of nitrogens with zero attached hydrogens (tertiary/aromatic N) is 1. The fourth-order valence-corrected chi connectivity index (χ4v) is 2.09. The minimum absolute atomic E-state index is 0.0301. The Labute approximate surface area is 102 Å². The van der Waals surface area contributed by atoms with Gasteiger partial charge in [-0.15, -0.1) is 0 Å². The number of carbonyl (C=O) groups excluding carboxylic acids is 1. The van der Waals surface area contributed by atoms with Crippen molar-refractivity contribution in [1.82, 2.24) is 10.6 Å². The number of hydrogen-bond donors (Lipinski definition) is 3. The normalized spacial score (nSPS) is 28.4. The summed E-state index contributed by atoms with van der Waals surface area (Å²) in [7, 11) is 0. The molecule has 0 unspecified atom stereocenters. The summed E-state index contributed by atoms with van der Waals surface area (Å²) >= 11 is 0. The monoisotopic (exact) mass is 239 g/mol. The molecule has 1 rings (SSSR count). The van der Waals surface area contributed by atoms with Crippen LogP contribution in [-0.2, 0) is 4.79 Å². The van der Waals surface area contributed by atoms with Crippen LogP contribution in [0.15, 0.2) is 0 Å². The summed E-state index contributed by atoms with van der Waals surface area (Å²) in [6.07, 6.45) is 3.67. The summed E-state index contributed by atoms with van der Waals surface area (Å²) in [5.74, 6) is 0.480. The van der Waals surface area contributed by atoms with Gasteiger partial charge in [-0.3, -0.25) is 4.79 Å². The van der Waals surface area contributed by atoms with Crippen LogP contribution in [0.2, 0.25) is 0 Å². The predicted molar refractivity (Wildman–Crippen MR) is 64.1 cm³/mol. The van der Waals surface area contributed by atoms with Crippen LogP contribution in [0, 0.1) is 17.2 Å². The van der Waals surface area contributed by atoms with Gasteiger partial charge in [0.15, 0.2) is 0 Å². The molecule has 0 heterocycles. The van der Waals surface area contributed by atoms with Crippen molar-refractivity contribution in [2.45, 2.75) is 38.2 Å². The molecular formula is C12H21N3O2. The predicted octanol–water partition coefficient (Wildman–Crippen LogP) is 0.157. The summed E-state index contributed by atoms with van der Waals surface area (Å²) in [5, 5.41) is 23.9. The highest BCUT2D eigenvalue weighted by molar-refractivity contribution is 5.78. The van der Waals surface area contributed by atoms with Crippen LogP contribution in [-0.4, -0.2) is 36.2 Å². The van der Waals surface area contributed by atoms with E-state index in [9.17, 15) is 9.90 Å². The van der Waals surface area contributed by atoms with Gasteiger partial charge in [-0.25, -0.2) is 0 Å². The summed E-state index contributed by atoms with van der Waals surface area (Å²) in [5.41, 5.74) is -0.665. The fourth-order valence-electron chi connectivity index (χ4n) is 2.09. The van der Waals surface area contributed by atoms with E-state index in [-0.39, 0.29) is 19.0 Å². The van der Waals surface area contributed by atoms with Gasteiger partial charge in [0.25, 0.3) is 0 Å². The van der Waals surface area contributed by atoms with E-state index < -0.39 is 5.60 Å². The molecule has 17 heavy (non-hydrogen) atoms. The molecule has 0 bridgehead atoms. The first-order chi connectivity index (χ1) is 8.06. The quantitative estimate of drug-likeness (QED) is 0.596. The molecule has 0 atom stereocenters. The molecule has 0 saturated heterocycles. The van der Waals surface area contributed by atoms with E-state index in [1.165, 1.54) is 0 Å². The molecule has 5 heteroatoms. The van der Waals surface area contributed by atoms with Gasteiger partial charge in [0.05, 0.1) is 18.2 Å². The van der Waals surface area contributed by atoms with E-state index in [1.807, 2.05) is 6.07 Å². The van der Waals surface area contributed by atoms with Crippen molar-refractivity contribution >= 4 is 5.91 Å². The summed E-state index contributed by atoms with van der Waals surface area (Å²) < 4.78 is 0. The standard InChI is InChI=1S/C12H21N3O2/c1-10-2-4-12(17,5-3-10)9-14-8-11(16)15-7-6-13/h10,14,17H,2-5,7-9H2,1H3,(H,15,16). The number of nitriles is 1. The smallest absolute Gasteiger partial charge is 0.234 e. The topological polar surface area (TPSA) is 85.2 Å². The van der Waals surface area contributed by atoms with Crippen molar-refractivity contribution in [2.75, 3.05) is 19.6 Å². The number of nitrogens with one attached hydrogen (secondary N) is 2. The molecule has 1 aliphatic carbocycles. The molecule has 1 fully saturated rings. The minimum atomic E-state index is -0.665. The van der Waals surface area contributed by atoms with Gasteiger partial charge >= 0.3 is 0 Å². The Morgan fingerprint density at radius 3 is 2.76 bits per heavy atom. The molecule has 0 aromatic heterocycles. The number of carbonyl (C=O) groups is 1. The van der Waals surface area contributed by atoms with E-state index in [2.05, 4.69) is 17.6 Å². The lowest BCUT2D eigenvalue weighted by atomic mass is 9.79. The molecule has 0 aromatic rings. The molecule has 0 radical (unpaired) electrons. The van der Waals surface area contributed by atoms with Crippen LogP contribution in [0.25, 0.3) is 0 Å². The molecule has 1 saturated carbocycles. The maximum atomic E-state index is 11.2. The number of rotatable bonds is 5. The molecule has 5 nitrogen and oxygen atoms in total.